The molecule has 0 unspecified atom stereocenters. The molecule has 0 bridgehead atoms. The summed E-state index contributed by atoms with van der Waals surface area (Å²) >= 11 is 0. The van der Waals surface area contributed by atoms with Crippen LogP contribution in [0, 0.1) is 5.82 Å². The van der Waals surface area contributed by atoms with Gasteiger partial charge in [-0.3, -0.25) is 4.57 Å². The summed E-state index contributed by atoms with van der Waals surface area (Å²) in [6, 6.07) is 15.1. The van der Waals surface area contributed by atoms with Crippen molar-refractivity contribution < 1.29 is 17.9 Å². The van der Waals surface area contributed by atoms with Crippen LogP contribution in [-0.2, 0) is 9.09 Å². The van der Waals surface area contributed by atoms with Gasteiger partial charge in [0, 0.05) is 24.0 Å². The molecule has 2 heterocycles. The summed E-state index contributed by atoms with van der Waals surface area (Å²) in [7, 11) is -3.46. The van der Waals surface area contributed by atoms with Gasteiger partial charge >= 0.3 is 0 Å². The van der Waals surface area contributed by atoms with Crippen molar-refractivity contribution in [2.45, 2.75) is 26.2 Å². The highest BCUT2D eigenvalue weighted by molar-refractivity contribution is 7.74. The van der Waals surface area contributed by atoms with Crippen molar-refractivity contribution in [3.8, 4) is 11.5 Å². The first kappa shape index (κ1) is 19.9. The molecule has 4 rings (SSSR count). The molecule has 0 N–H and O–H groups in total. The van der Waals surface area contributed by atoms with Crippen LogP contribution in [0.3, 0.4) is 0 Å². The number of oxazole rings is 1. The van der Waals surface area contributed by atoms with Gasteiger partial charge in [-0.05, 0) is 62.6 Å². The zero-order valence-electron chi connectivity index (χ0n) is 16.4. The van der Waals surface area contributed by atoms with E-state index in [9.17, 15) is 8.96 Å². The van der Waals surface area contributed by atoms with Crippen molar-refractivity contribution in [1.29, 1.82) is 0 Å². The molecule has 1 atom stereocenters. The van der Waals surface area contributed by atoms with Crippen molar-refractivity contribution in [3.63, 3.8) is 0 Å². The molecular formula is C22H24FN2O3P. The molecule has 0 saturated carbocycles. The minimum absolute atomic E-state index is 0.282. The molecule has 2 aromatic carbocycles. The Morgan fingerprint density at radius 2 is 1.76 bits per heavy atom. The summed E-state index contributed by atoms with van der Waals surface area (Å²) in [5.41, 5.74) is 0.957. The number of benzene rings is 2. The third kappa shape index (κ3) is 4.00. The number of hydrogen-bond acceptors (Lipinski definition) is 5. The van der Waals surface area contributed by atoms with Crippen LogP contribution < -0.4 is 15.6 Å². The van der Waals surface area contributed by atoms with Crippen LogP contribution in [0.4, 0.5) is 10.3 Å². The standard InChI is InChI=1S/C22H24FN2O3P/c1-2-27-29(26,19-9-5-3-6-10-19)21-22(25-15-7-4-8-16-25)28-20(24-21)17-11-13-18(23)14-12-17/h3,5-6,9-14H,2,4,7-8,15-16H2,1H3/t29-/m0/s1. The summed E-state index contributed by atoms with van der Waals surface area (Å²) in [5.74, 6) is 0.474. The van der Waals surface area contributed by atoms with Gasteiger partial charge < -0.3 is 13.8 Å². The first-order chi connectivity index (χ1) is 14.1. The fourth-order valence-electron chi connectivity index (χ4n) is 3.58. The van der Waals surface area contributed by atoms with Gasteiger partial charge in [-0.2, -0.15) is 0 Å². The minimum Gasteiger partial charge on any atom is -0.420 e. The number of nitrogens with zero attached hydrogens (tertiary/aromatic N) is 2. The lowest BCUT2D eigenvalue weighted by Crippen LogP contribution is -2.34. The SMILES string of the molecule is CCO[P@@](=O)(c1ccccc1)c1nc(-c2ccc(F)cc2)oc1N1CCCCC1. The lowest BCUT2D eigenvalue weighted by molar-refractivity contribution is 0.347. The summed E-state index contributed by atoms with van der Waals surface area (Å²) in [5, 5.41) is 0.582. The van der Waals surface area contributed by atoms with E-state index in [1.54, 1.807) is 24.3 Å². The van der Waals surface area contributed by atoms with Crippen molar-refractivity contribution >= 4 is 24.0 Å². The first-order valence-corrected chi connectivity index (χ1v) is 11.6. The second-order valence-corrected chi connectivity index (χ2v) is 9.31. The highest BCUT2D eigenvalue weighted by Crippen LogP contribution is 2.48. The monoisotopic (exact) mass is 414 g/mol. The van der Waals surface area contributed by atoms with E-state index in [1.165, 1.54) is 12.1 Å². The fourth-order valence-corrected chi connectivity index (χ4v) is 5.68. The second kappa shape index (κ2) is 8.52. The fraction of sp³-hybridized carbons (Fsp3) is 0.318. The molecule has 152 valence electrons. The van der Waals surface area contributed by atoms with Gasteiger partial charge in [0.05, 0.1) is 6.61 Å². The van der Waals surface area contributed by atoms with Crippen LogP contribution in [0.15, 0.2) is 59.0 Å². The van der Waals surface area contributed by atoms with Gasteiger partial charge in [-0.1, -0.05) is 18.2 Å². The van der Waals surface area contributed by atoms with Crippen molar-refractivity contribution in [3.05, 3.63) is 60.4 Å². The van der Waals surface area contributed by atoms with Crippen LogP contribution in [0.5, 0.6) is 0 Å². The number of hydrogen-bond donors (Lipinski definition) is 0. The lowest BCUT2D eigenvalue weighted by atomic mass is 10.1. The third-order valence-electron chi connectivity index (χ3n) is 5.01. The average Bonchev–Trinajstić information content (AvgIpc) is 3.22. The Morgan fingerprint density at radius 3 is 2.41 bits per heavy atom. The van der Waals surface area contributed by atoms with Crippen LogP contribution >= 0.6 is 7.37 Å². The van der Waals surface area contributed by atoms with E-state index >= 15 is 0 Å². The molecule has 1 fully saturated rings. The van der Waals surface area contributed by atoms with Gasteiger partial charge in [-0.25, -0.2) is 9.37 Å². The van der Waals surface area contributed by atoms with Crippen LogP contribution in [0.1, 0.15) is 26.2 Å². The number of anilines is 1. The van der Waals surface area contributed by atoms with Gasteiger partial charge in [0.15, 0.2) is 5.44 Å². The Bertz CT molecular complexity index is 999. The molecule has 29 heavy (non-hydrogen) atoms. The zero-order chi connectivity index (χ0) is 20.3. The maximum atomic E-state index is 14.1. The molecule has 0 aliphatic carbocycles. The largest absolute Gasteiger partial charge is 0.420 e. The maximum Gasteiger partial charge on any atom is 0.284 e. The molecule has 0 spiro atoms. The molecule has 1 aliphatic rings. The van der Waals surface area contributed by atoms with Crippen molar-refractivity contribution in [2.75, 3.05) is 24.6 Å². The molecule has 0 radical (unpaired) electrons. The lowest BCUT2D eigenvalue weighted by Gasteiger charge is -2.28. The smallest absolute Gasteiger partial charge is 0.284 e. The highest BCUT2D eigenvalue weighted by Gasteiger charge is 2.38. The molecule has 3 aromatic rings. The predicted molar refractivity (Wildman–Crippen MR) is 113 cm³/mol. The Hall–Kier alpha value is -2.43. The number of piperidine rings is 1. The number of halogens is 1. The summed E-state index contributed by atoms with van der Waals surface area (Å²) in [6.45, 7) is 3.72. The van der Waals surface area contributed by atoms with Gasteiger partial charge in [0.1, 0.15) is 5.82 Å². The minimum atomic E-state index is -3.46. The van der Waals surface area contributed by atoms with Crippen molar-refractivity contribution in [2.24, 2.45) is 0 Å². The van der Waals surface area contributed by atoms with Gasteiger partial charge in [0.2, 0.25) is 11.8 Å². The summed E-state index contributed by atoms with van der Waals surface area (Å²) < 4.78 is 39.5. The Balaban J connectivity index is 1.87. The Morgan fingerprint density at radius 1 is 1.07 bits per heavy atom. The van der Waals surface area contributed by atoms with Crippen LogP contribution in [0.25, 0.3) is 11.5 Å². The van der Waals surface area contributed by atoms with Crippen molar-refractivity contribution in [1.82, 2.24) is 4.98 Å². The molecule has 0 amide bonds. The Kier molecular flexibility index (Phi) is 5.84. The van der Waals surface area contributed by atoms with E-state index in [2.05, 4.69) is 9.88 Å². The quantitative estimate of drug-likeness (QED) is 0.546. The van der Waals surface area contributed by atoms with E-state index in [0.29, 0.717) is 28.1 Å². The van der Waals surface area contributed by atoms with E-state index in [-0.39, 0.29) is 12.4 Å². The number of rotatable bonds is 6. The molecule has 1 aromatic heterocycles. The normalized spacial score (nSPS) is 16.6. The topological polar surface area (TPSA) is 55.6 Å². The number of aromatic nitrogens is 1. The molecule has 1 aliphatic heterocycles. The predicted octanol–water partition coefficient (Wildman–Crippen LogP) is 4.74. The summed E-state index contributed by atoms with van der Waals surface area (Å²) in [4.78, 5) is 6.72. The average molecular weight is 414 g/mol. The molecule has 7 heteroatoms. The first-order valence-electron chi connectivity index (χ1n) is 9.94. The van der Waals surface area contributed by atoms with E-state index in [0.717, 1.165) is 32.4 Å². The van der Waals surface area contributed by atoms with Gasteiger partial charge in [0.25, 0.3) is 7.37 Å². The molecule has 5 nitrogen and oxygen atoms in total. The zero-order valence-corrected chi connectivity index (χ0v) is 17.3. The summed E-state index contributed by atoms with van der Waals surface area (Å²) in [6.07, 6.45) is 3.24. The van der Waals surface area contributed by atoms with Crippen LogP contribution in [0.2, 0.25) is 0 Å². The maximum absolute atomic E-state index is 14.1. The van der Waals surface area contributed by atoms with E-state index in [4.69, 9.17) is 8.94 Å². The second-order valence-electron chi connectivity index (χ2n) is 7.01. The van der Waals surface area contributed by atoms with Gasteiger partial charge in [-0.15, -0.1) is 0 Å². The Labute approximate surface area is 170 Å². The van der Waals surface area contributed by atoms with E-state index < -0.39 is 7.37 Å². The highest BCUT2D eigenvalue weighted by atomic mass is 31.2. The van der Waals surface area contributed by atoms with Crippen LogP contribution in [-0.4, -0.2) is 24.7 Å². The van der Waals surface area contributed by atoms with E-state index in [1.807, 2.05) is 25.1 Å². The molecule has 1 saturated heterocycles. The third-order valence-corrected chi connectivity index (χ3v) is 7.46. The molecular weight excluding hydrogens is 390 g/mol.